The van der Waals surface area contributed by atoms with Gasteiger partial charge in [-0.2, -0.15) is 43.2 Å². The van der Waals surface area contributed by atoms with Gasteiger partial charge in [0.1, 0.15) is 0 Å². The molecule has 0 aromatic carbocycles. The van der Waals surface area contributed by atoms with Crippen molar-refractivity contribution in [2.75, 3.05) is 0 Å². The van der Waals surface area contributed by atoms with Crippen LogP contribution in [0, 0.1) is 12.3 Å². The monoisotopic (exact) mass is 431 g/mol. The van der Waals surface area contributed by atoms with Gasteiger partial charge in [-0.1, -0.05) is 5.92 Å². The Kier molecular flexibility index (Phi) is 7.88. The van der Waals surface area contributed by atoms with E-state index >= 15 is 0 Å². The summed E-state index contributed by atoms with van der Waals surface area (Å²) in [7, 11) is -11.7. The van der Waals surface area contributed by atoms with Crippen LogP contribution in [0.1, 0.15) is 12.8 Å². The lowest BCUT2D eigenvalue weighted by molar-refractivity contribution is -0.104. The van der Waals surface area contributed by atoms with Crippen LogP contribution < -0.4 is 5.73 Å². The van der Waals surface area contributed by atoms with Crippen LogP contribution in [0.2, 0.25) is 0 Å². The van der Waals surface area contributed by atoms with Gasteiger partial charge in [0.25, 0.3) is 5.92 Å². The molecule has 0 amide bonds. The van der Waals surface area contributed by atoms with E-state index in [4.69, 9.17) is 38.1 Å². The van der Waals surface area contributed by atoms with Gasteiger partial charge in [-0.05, 0) is 0 Å². The molecular weight excluding hydrogens is 422 g/mol. The van der Waals surface area contributed by atoms with Crippen molar-refractivity contribution in [1.82, 2.24) is 0 Å². The lowest BCUT2D eigenvalue weighted by atomic mass is 9.75. The van der Waals surface area contributed by atoms with Crippen LogP contribution in [0.4, 0.5) is 35.1 Å². The summed E-state index contributed by atoms with van der Waals surface area (Å²) < 4.78 is 139. The quantitative estimate of drug-likeness (QED) is 0.229. The Hall–Kier alpha value is -1.22. The van der Waals surface area contributed by atoms with Crippen molar-refractivity contribution in [3.63, 3.8) is 0 Å². The van der Waals surface area contributed by atoms with E-state index in [0.717, 1.165) is 0 Å². The fourth-order valence-corrected chi connectivity index (χ4v) is 0.973. The van der Waals surface area contributed by atoms with Crippen molar-refractivity contribution in [1.29, 1.82) is 0 Å². The van der Waals surface area contributed by atoms with Gasteiger partial charge >= 0.3 is 31.3 Å². The summed E-state index contributed by atoms with van der Waals surface area (Å²) in [6.45, 7) is 0. The largest absolute Gasteiger partial charge is 0.522 e. The highest BCUT2D eigenvalue weighted by molar-refractivity contribution is 7.86. The number of alkyl halides is 8. The number of terminal acetylenes is 1. The minimum absolute atomic E-state index is 0.365. The summed E-state index contributed by atoms with van der Waals surface area (Å²) in [4.78, 5) is 0. The number of halogens is 8. The topological polar surface area (TPSA) is 135 Å². The normalized spacial score (nSPS) is 19.1. The van der Waals surface area contributed by atoms with Crippen LogP contribution in [-0.2, 0) is 20.2 Å². The SMILES string of the molecule is C#CC1(N)CC(F)(F)C1.O=S(=O)(O)C(F)(F)F.O=S(=O)(O)C(F)(F)F. The van der Waals surface area contributed by atoms with E-state index in [-0.39, 0.29) is 12.8 Å². The molecular formula is C8H9F8NO6S2. The maximum Gasteiger partial charge on any atom is 0.522 e. The van der Waals surface area contributed by atoms with Crippen LogP contribution in [0.15, 0.2) is 0 Å². The molecule has 1 fully saturated rings. The number of hydrogen-bond acceptors (Lipinski definition) is 5. The molecule has 0 bridgehead atoms. The summed E-state index contributed by atoms with van der Waals surface area (Å²) in [5, 5.41) is 0. The third kappa shape index (κ3) is 9.74. The summed E-state index contributed by atoms with van der Waals surface area (Å²) in [5.74, 6) is -0.479. The first-order valence-corrected chi connectivity index (χ1v) is 8.07. The second kappa shape index (κ2) is 7.57. The summed E-state index contributed by atoms with van der Waals surface area (Å²) in [6.07, 6.45) is 4.15. The first kappa shape index (κ1) is 26.0. The molecule has 0 aromatic rings. The highest BCUT2D eigenvalue weighted by atomic mass is 32.2. The average Bonchev–Trinajstić information content (AvgIpc) is 2.22. The molecule has 7 nitrogen and oxygen atoms in total. The van der Waals surface area contributed by atoms with Crippen LogP contribution in [0.3, 0.4) is 0 Å². The standard InChI is InChI=1S/C6H7F2N.2CHF3O3S/c1-2-5(9)3-6(7,8)4-5;2*2-1(3,4)8(5,6)7/h1H,3-4,9H2;2*(H,5,6,7). The third-order valence-corrected chi connectivity index (χ3v) is 3.19. The van der Waals surface area contributed by atoms with Gasteiger partial charge in [-0.3, -0.25) is 9.11 Å². The zero-order chi connectivity index (χ0) is 21.1. The molecule has 0 unspecified atom stereocenters. The average molecular weight is 431 g/mol. The van der Waals surface area contributed by atoms with E-state index in [1.165, 1.54) is 0 Å². The molecule has 4 N–H and O–H groups in total. The Balaban J connectivity index is 0. The van der Waals surface area contributed by atoms with Crippen LogP contribution >= 0.6 is 0 Å². The van der Waals surface area contributed by atoms with Gasteiger partial charge in [0.05, 0.1) is 5.54 Å². The van der Waals surface area contributed by atoms with Crippen molar-refractivity contribution in [3.8, 4) is 12.3 Å². The van der Waals surface area contributed by atoms with Crippen molar-refractivity contribution in [2.24, 2.45) is 5.73 Å². The zero-order valence-corrected chi connectivity index (χ0v) is 13.1. The van der Waals surface area contributed by atoms with Crippen molar-refractivity contribution >= 4 is 20.2 Å². The first-order chi connectivity index (χ1) is 10.5. The first-order valence-electron chi connectivity index (χ1n) is 5.19. The summed E-state index contributed by atoms with van der Waals surface area (Å²) >= 11 is 0. The molecule has 0 spiro atoms. The zero-order valence-electron chi connectivity index (χ0n) is 11.4. The molecule has 1 rings (SSSR count). The van der Waals surface area contributed by atoms with Gasteiger partial charge in [-0.15, -0.1) is 6.42 Å². The van der Waals surface area contributed by atoms with Crippen LogP contribution in [-0.4, -0.2) is 48.4 Å². The Morgan fingerprint density at radius 1 is 0.880 bits per heavy atom. The number of rotatable bonds is 0. The van der Waals surface area contributed by atoms with Gasteiger partial charge in [-0.25, -0.2) is 8.78 Å². The Morgan fingerprint density at radius 3 is 1.12 bits per heavy atom. The van der Waals surface area contributed by atoms with Crippen molar-refractivity contribution < 1.29 is 61.1 Å². The van der Waals surface area contributed by atoms with E-state index < -0.39 is 42.7 Å². The Morgan fingerprint density at radius 2 is 1.08 bits per heavy atom. The smallest absolute Gasteiger partial charge is 0.315 e. The fourth-order valence-electron chi connectivity index (χ4n) is 0.973. The van der Waals surface area contributed by atoms with Crippen molar-refractivity contribution in [2.45, 2.75) is 35.3 Å². The Bertz CT molecular complexity index is 652. The third-order valence-electron chi connectivity index (χ3n) is 2.02. The molecule has 25 heavy (non-hydrogen) atoms. The van der Waals surface area contributed by atoms with E-state index in [9.17, 15) is 35.1 Å². The molecule has 0 saturated heterocycles. The molecule has 0 aliphatic heterocycles. The lowest BCUT2D eigenvalue weighted by Gasteiger charge is -2.40. The highest BCUT2D eigenvalue weighted by Crippen LogP contribution is 2.43. The molecule has 0 aromatic heterocycles. The fraction of sp³-hybridized carbons (Fsp3) is 0.750. The molecule has 1 aliphatic carbocycles. The van der Waals surface area contributed by atoms with Gasteiger partial charge in [0.2, 0.25) is 0 Å². The molecule has 0 heterocycles. The molecule has 0 atom stereocenters. The molecule has 0 radical (unpaired) electrons. The molecule has 150 valence electrons. The minimum atomic E-state index is -5.84. The second-order valence-corrected chi connectivity index (χ2v) is 7.18. The maximum absolute atomic E-state index is 12.0. The molecule has 1 aliphatic rings. The summed E-state index contributed by atoms with van der Waals surface area (Å²) in [5.41, 5.74) is -6.83. The van der Waals surface area contributed by atoms with Gasteiger partial charge in [0, 0.05) is 12.8 Å². The minimum Gasteiger partial charge on any atom is -0.315 e. The molecule has 17 heteroatoms. The van der Waals surface area contributed by atoms with E-state index in [0.29, 0.717) is 0 Å². The van der Waals surface area contributed by atoms with E-state index in [1.807, 2.05) is 0 Å². The van der Waals surface area contributed by atoms with Crippen LogP contribution in [0.5, 0.6) is 0 Å². The van der Waals surface area contributed by atoms with Gasteiger partial charge in [0.15, 0.2) is 0 Å². The Labute approximate surface area is 135 Å². The van der Waals surface area contributed by atoms with E-state index in [2.05, 4.69) is 5.92 Å². The predicted octanol–water partition coefficient (Wildman–Crippen LogP) is 1.53. The molecule has 1 saturated carbocycles. The van der Waals surface area contributed by atoms with Crippen molar-refractivity contribution in [3.05, 3.63) is 0 Å². The highest BCUT2D eigenvalue weighted by Gasteiger charge is 2.53. The predicted molar refractivity (Wildman–Crippen MR) is 65.1 cm³/mol. The van der Waals surface area contributed by atoms with Gasteiger partial charge < -0.3 is 5.73 Å². The lowest BCUT2D eigenvalue weighted by Crippen LogP contribution is -2.57. The second-order valence-electron chi connectivity index (χ2n) is 4.35. The summed E-state index contributed by atoms with van der Waals surface area (Å²) in [6, 6.07) is 0. The number of nitrogens with two attached hydrogens (primary N) is 1. The maximum atomic E-state index is 12.0. The number of hydrogen-bond donors (Lipinski definition) is 3. The van der Waals surface area contributed by atoms with Crippen LogP contribution in [0.25, 0.3) is 0 Å². The van der Waals surface area contributed by atoms with E-state index in [1.54, 1.807) is 0 Å².